The zero-order valence-corrected chi connectivity index (χ0v) is 11.1. The van der Waals surface area contributed by atoms with Crippen molar-refractivity contribution in [3.05, 3.63) is 34.6 Å². The minimum Gasteiger partial charge on any atom is -0.390 e. The summed E-state index contributed by atoms with van der Waals surface area (Å²) < 4.78 is 19.0. The van der Waals surface area contributed by atoms with Gasteiger partial charge < -0.3 is 9.84 Å². The lowest BCUT2D eigenvalue weighted by atomic mass is 9.94. The van der Waals surface area contributed by atoms with Gasteiger partial charge in [-0.3, -0.25) is 0 Å². The molecule has 0 saturated heterocycles. The van der Waals surface area contributed by atoms with Crippen LogP contribution < -0.4 is 0 Å². The quantitative estimate of drug-likeness (QED) is 0.881. The van der Waals surface area contributed by atoms with E-state index in [1.807, 2.05) is 6.92 Å². The number of benzene rings is 1. The number of hydrogen-bond acceptors (Lipinski definition) is 2. The molecule has 0 aliphatic rings. The van der Waals surface area contributed by atoms with Gasteiger partial charge in [0.15, 0.2) is 0 Å². The lowest BCUT2D eigenvalue weighted by Crippen LogP contribution is -2.40. The highest BCUT2D eigenvalue weighted by molar-refractivity contribution is 6.30. The molecule has 1 unspecified atom stereocenters. The molecule has 96 valence electrons. The maximum absolute atomic E-state index is 13.5. The van der Waals surface area contributed by atoms with Gasteiger partial charge in [0.05, 0.1) is 11.7 Å². The summed E-state index contributed by atoms with van der Waals surface area (Å²) in [5.41, 5.74) is -0.254. The molecule has 0 spiro atoms. The second-order valence-corrected chi connectivity index (χ2v) is 4.93. The third-order valence-electron chi connectivity index (χ3n) is 2.75. The van der Waals surface area contributed by atoms with E-state index in [1.54, 1.807) is 26.0 Å². The summed E-state index contributed by atoms with van der Waals surface area (Å²) >= 11 is 5.67. The average Bonchev–Trinajstić information content (AvgIpc) is 2.22. The van der Waals surface area contributed by atoms with Crippen molar-refractivity contribution in [1.29, 1.82) is 0 Å². The average molecular weight is 261 g/mol. The molecule has 17 heavy (non-hydrogen) atoms. The second-order valence-electron chi connectivity index (χ2n) is 4.49. The SMILES string of the molecule is CCOC(C)(C)C(O)Cc1ccc(Cl)cc1F. The molecule has 2 nitrogen and oxygen atoms in total. The number of aliphatic hydroxyl groups is 1. The molecule has 1 aromatic carbocycles. The lowest BCUT2D eigenvalue weighted by Gasteiger charge is -2.30. The van der Waals surface area contributed by atoms with Crippen LogP contribution in [0, 0.1) is 5.82 Å². The highest BCUT2D eigenvalue weighted by Crippen LogP contribution is 2.22. The Labute approximate surface area is 106 Å². The van der Waals surface area contributed by atoms with Crippen LogP contribution in [-0.4, -0.2) is 23.4 Å². The van der Waals surface area contributed by atoms with Crippen molar-refractivity contribution in [1.82, 2.24) is 0 Å². The minimum absolute atomic E-state index is 0.204. The molecule has 0 aliphatic heterocycles. The molecule has 0 bridgehead atoms. The fraction of sp³-hybridized carbons (Fsp3) is 0.538. The maximum atomic E-state index is 13.5. The smallest absolute Gasteiger partial charge is 0.127 e. The molecule has 0 fully saturated rings. The number of halogens is 2. The summed E-state index contributed by atoms with van der Waals surface area (Å²) in [6.07, 6.45) is -0.561. The highest BCUT2D eigenvalue weighted by Gasteiger charge is 2.28. The van der Waals surface area contributed by atoms with Crippen LogP contribution in [0.3, 0.4) is 0 Å². The normalized spacial score (nSPS) is 13.8. The Morgan fingerprint density at radius 2 is 2.12 bits per heavy atom. The molecule has 1 N–H and O–H groups in total. The van der Waals surface area contributed by atoms with Crippen molar-refractivity contribution in [3.8, 4) is 0 Å². The first-order valence-electron chi connectivity index (χ1n) is 5.62. The lowest BCUT2D eigenvalue weighted by molar-refractivity contribution is -0.0957. The van der Waals surface area contributed by atoms with Crippen LogP contribution in [0.15, 0.2) is 18.2 Å². The van der Waals surface area contributed by atoms with Crippen LogP contribution in [0.25, 0.3) is 0 Å². The fourth-order valence-corrected chi connectivity index (χ4v) is 1.77. The molecule has 4 heteroatoms. The van der Waals surface area contributed by atoms with Gasteiger partial charge in [-0.25, -0.2) is 4.39 Å². The van der Waals surface area contributed by atoms with Gasteiger partial charge in [0.2, 0.25) is 0 Å². The van der Waals surface area contributed by atoms with E-state index < -0.39 is 17.5 Å². The fourth-order valence-electron chi connectivity index (χ4n) is 1.61. The Kier molecular flexibility index (Phi) is 4.92. The first-order valence-corrected chi connectivity index (χ1v) is 6.00. The van der Waals surface area contributed by atoms with E-state index in [-0.39, 0.29) is 6.42 Å². The van der Waals surface area contributed by atoms with Crippen LogP contribution in [-0.2, 0) is 11.2 Å². The van der Waals surface area contributed by atoms with Gasteiger partial charge in [-0.1, -0.05) is 17.7 Å². The summed E-state index contributed by atoms with van der Waals surface area (Å²) in [5.74, 6) is -0.399. The zero-order chi connectivity index (χ0) is 13.1. The topological polar surface area (TPSA) is 29.5 Å². The predicted molar refractivity (Wildman–Crippen MR) is 66.8 cm³/mol. The molecule has 0 aliphatic carbocycles. The number of ether oxygens (including phenoxy) is 1. The van der Waals surface area contributed by atoms with Gasteiger partial charge in [-0.05, 0) is 38.5 Å². The largest absolute Gasteiger partial charge is 0.390 e. The zero-order valence-electron chi connectivity index (χ0n) is 10.3. The maximum Gasteiger partial charge on any atom is 0.127 e. The predicted octanol–water partition coefficient (Wildman–Crippen LogP) is 3.20. The van der Waals surface area contributed by atoms with Gasteiger partial charge in [0.1, 0.15) is 5.82 Å². The van der Waals surface area contributed by atoms with E-state index >= 15 is 0 Å². The van der Waals surface area contributed by atoms with E-state index in [2.05, 4.69) is 0 Å². The molecule has 1 aromatic rings. The number of aliphatic hydroxyl groups excluding tert-OH is 1. The van der Waals surface area contributed by atoms with Gasteiger partial charge in [-0.15, -0.1) is 0 Å². The molecule has 0 saturated carbocycles. The Balaban J connectivity index is 2.77. The van der Waals surface area contributed by atoms with Crippen molar-refractivity contribution < 1.29 is 14.2 Å². The van der Waals surface area contributed by atoms with Gasteiger partial charge in [0.25, 0.3) is 0 Å². The first-order chi connectivity index (χ1) is 7.86. The first kappa shape index (κ1) is 14.4. The molecular weight excluding hydrogens is 243 g/mol. The molecule has 0 radical (unpaired) electrons. The monoisotopic (exact) mass is 260 g/mol. The third kappa shape index (κ3) is 3.95. The number of hydrogen-bond donors (Lipinski definition) is 1. The summed E-state index contributed by atoms with van der Waals surface area (Å²) in [7, 11) is 0. The van der Waals surface area contributed by atoms with Gasteiger partial charge in [0, 0.05) is 18.1 Å². The Morgan fingerprint density at radius 1 is 1.47 bits per heavy atom. The van der Waals surface area contributed by atoms with Crippen LogP contribution >= 0.6 is 11.6 Å². The van der Waals surface area contributed by atoms with Crippen molar-refractivity contribution in [2.75, 3.05) is 6.61 Å². The molecule has 0 amide bonds. The Morgan fingerprint density at radius 3 is 2.65 bits per heavy atom. The van der Waals surface area contributed by atoms with E-state index in [4.69, 9.17) is 16.3 Å². The standard InChI is InChI=1S/C13H18ClFO2/c1-4-17-13(2,3)12(16)7-9-5-6-10(14)8-11(9)15/h5-6,8,12,16H,4,7H2,1-3H3. The third-order valence-corrected chi connectivity index (χ3v) is 2.98. The summed E-state index contributed by atoms with van der Waals surface area (Å²) in [4.78, 5) is 0. The highest BCUT2D eigenvalue weighted by atomic mass is 35.5. The second kappa shape index (κ2) is 5.80. The molecular formula is C13H18ClFO2. The molecule has 0 heterocycles. The van der Waals surface area contributed by atoms with E-state index in [0.717, 1.165) is 0 Å². The van der Waals surface area contributed by atoms with Crippen molar-refractivity contribution in [2.45, 2.75) is 38.9 Å². The van der Waals surface area contributed by atoms with E-state index in [1.165, 1.54) is 6.07 Å². The Hall–Kier alpha value is -0.640. The van der Waals surface area contributed by atoms with Gasteiger partial charge in [-0.2, -0.15) is 0 Å². The van der Waals surface area contributed by atoms with Crippen molar-refractivity contribution in [3.63, 3.8) is 0 Å². The van der Waals surface area contributed by atoms with Gasteiger partial charge >= 0.3 is 0 Å². The van der Waals surface area contributed by atoms with Crippen molar-refractivity contribution >= 4 is 11.6 Å². The summed E-state index contributed by atoms with van der Waals surface area (Å²) in [6.45, 7) is 5.94. The van der Waals surface area contributed by atoms with E-state index in [0.29, 0.717) is 17.2 Å². The van der Waals surface area contributed by atoms with Crippen LogP contribution in [0.2, 0.25) is 5.02 Å². The Bertz CT molecular complexity index is 380. The van der Waals surface area contributed by atoms with Crippen LogP contribution in [0.5, 0.6) is 0 Å². The van der Waals surface area contributed by atoms with Crippen molar-refractivity contribution in [2.24, 2.45) is 0 Å². The summed E-state index contributed by atoms with van der Waals surface area (Å²) in [5, 5.41) is 10.4. The van der Waals surface area contributed by atoms with Crippen LogP contribution in [0.4, 0.5) is 4.39 Å². The minimum atomic E-state index is -0.766. The molecule has 0 aromatic heterocycles. The van der Waals surface area contributed by atoms with Crippen LogP contribution in [0.1, 0.15) is 26.3 Å². The molecule has 1 atom stereocenters. The van der Waals surface area contributed by atoms with E-state index in [9.17, 15) is 9.50 Å². The molecule has 1 rings (SSSR count). The number of rotatable bonds is 5. The summed E-state index contributed by atoms with van der Waals surface area (Å²) in [6, 6.07) is 4.45.